The largest absolute Gasteiger partial charge is 0.451 e. The minimum absolute atomic E-state index is 0.0268. The van der Waals surface area contributed by atoms with Crippen molar-refractivity contribution < 1.29 is 35.3 Å². The van der Waals surface area contributed by atoms with Crippen LogP contribution in [0.4, 0.5) is 17.6 Å². The van der Waals surface area contributed by atoms with Crippen molar-refractivity contribution in [3.05, 3.63) is 53.1 Å². The quantitative estimate of drug-likeness (QED) is 0.334. The van der Waals surface area contributed by atoms with Crippen LogP contribution in [0.2, 0.25) is 0 Å². The van der Waals surface area contributed by atoms with Crippen LogP contribution >= 0.6 is 0 Å². The molecule has 10 heteroatoms. The van der Waals surface area contributed by atoms with Gasteiger partial charge in [0.05, 0.1) is 0 Å². The summed E-state index contributed by atoms with van der Waals surface area (Å²) in [7, 11) is -5.54. The van der Waals surface area contributed by atoms with Gasteiger partial charge in [-0.3, -0.25) is 4.55 Å². The maximum absolute atomic E-state index is 14.2. The molecule has 3 N–H and O–H groups in total. The minimum Gasteiger partial charge on any atom is -0.451 e. The fourth-order valence-corrected chi connectivity index (χ4v) is 3.88. The summed E-state index contributed by atoms with van der Waals surface area (Å²) in [6.45, 7) is 9.92. The van der Waals surface area contributed by atoms with E-state index in [1.54, 1.807) is 12.1 Å². The fraction of sp³-hybridized carbons (Fsp3) is 0.429. The number of benzene rings is 2. The van der Waals surface area contributed by atoms with Crippen LogP contribution in [-0.4, -0.2) is 18.5 Å². The molecule has 2 rings (SSSR count). The van der Waals surface area contributed by atoms with Gasteiger partial charge in [0, 0.05) is 5.54 Å². The predicted molar refractivity (Wildman–Crippen MR) is 108 cm³/mol. The third-order valence-electron chi connectivity index (χ3n) is 4.72. The molecule has 0 radical (unpaired) electrons. The van der Waals surface area contributed by atoms with Gasteiger partial charge in [-0.1, -0.05) is 32.9 Å². The van der Waals surface area contributed by atoms with Gasteiger partial charge in [-0.25, -0.2) is 8.78 Å². The highest BCUT2D eigenvalue weighted by Gasteiger charge is 2.34. The van der Waals surface area contributed by atoms with Gasteiger partial charge in [0.15, 0.2) is 16.5 Å². The normalized spacial score (nSPS) is 13.9. The molecule has 0 spiro atoms. The third kappa shape index (κ3) is 5.75. The van der Waals surface area contributed by atoms with Gasteiger partial charge < -0.3 is 10.5 Å². The van der Waals surface area contributed by atoms with Gasteiger partial charge in [0.1, 0.15) is 5.75 Å². The molecule has 0 fully saturated rings. The Bertz CT molecular complexity index is 1040. The lowest BCUT2D eigenvalue weighted by molar-refractivity contribution is 0.262. The van der Waals surface area contributed by atoms with E-state index in [4.69, 9.17) is 15.0 Å². The highest BCUT2D eigenvalue weighted by molar-refractivity contribution is 7.85. The van der Waals surface area contributed by atoms with E-state index in [2.05, 4.69) is 0 Å². The molecule has 0 aliphatic carbocycles. The zero-order valence-corrected chi connectivity index (χ0v) is 18.6. The smallest absolute Gasteiger partial charge is 0.300 e. The molecule has 2 aromatic carbocycles. The standard InChI is InChI=1S/C21H25F4NO4S/c1-20(2,3)13(10-21(4,5)26)11-6-8-12(9-7-11)30-18-14(22)16(24)19(31(27,28)29)17(25)15(18)23/h6-9,13H,10,26H2,1-5H3,(H,27,28,29). The van der Waals surface area contributed by atoms with E-state index >= 15 is 0 Å². The van der Waals surface area contributed by atoms with Gasteiger partial charge in [-0.05, 0) is 49.3 Å². The molecular weight excluding hydrogens is 438 g/mol. The molecule has 0 amide bonds. The molecule has 0 saturated carbocycles. The second-order valence-electron chi connectivity index (χ2n) is 9.17. The van der Waals surface area contributed by atoms with Gasteiger partial charge in [-0.2, -0.15) is 17.2 Å². The van der Waals surface area contributed by atoms with Crippen LogP contribution in [0.3, 0.4) is 0 Å². The Morgan fingerprint density at radius 3 is 1.74 bits per heavy atom. The first-order valence-corrected chi connectivity index (χ1v) is 10.8. The molecule has 172 valence electrons. The van der Waals surface area contributed by atoms with Crippen molar-refractivity contribution >= 4 is 10.1 Å². The Morgan fingerprint density at radius 2 is 1.39 bits per heavy atom. The molecule has 31 heavy (non-hydrogen) atoms. The number of ether oxygens (including phenoxy) is 1. The van der Waals surface area contributed by atoms with Crippen molar-refractivity contribution in [2.45, 2.75) is 57.4 Å². The summed E-state index contributed by atoms with van der Waals surface area (Å²) >= 11 is 0. The first kappa shape index (κ1) is 25.1. The molecule has 0 aliphatic heterocycles. The Labute approximate surface area is 179 Å². The lowest BCUT2D eigenvalue weighted by Crippen LogP contribution is -2.37. The average Bonchev–Trinajstić information content (AvgIpc) is 2.60. The van der Waals surface area contributed by atoms with Crippen molar-refractivity contribution in [2.75, 3.05) is 0 Å². The monoisotopic (exact) mass is 463 g/mol. The van der Waals surface area contributed by atoms with Crippen LogP contribution in [0.1, 0.15) is 52.5 Å². The van der Waals surface area contributed by atoms with Gasteiger partial charge in [-0.15, -0.1) is 0 Å². The van der Waals surface area contributed by atoms with Crippen LogP contribution < -0.4 is 10.5 Å². The number of hydrogen-bond acceptors (Lipinski definition) is 4. The number of nitrogens with two attached hydrogens (primary N) is 1. The molecule has 0 saturated heterocycles. The topological polar surface area (TPSA) is 89.6 Å². The molecule has 5 nitrogen and oxygen atoms in total. The zero-order chi connectivity index (χ0) is 23.9. The Kier molecular flexibility index (Phi) is 6.80. The highest BCUT2D eigenvalue weighted by atomic mass is 32.2. The molecule has 1 unspecified atom stereocenters. The lowest BCUT2D eigenvalue weighted by atomic mass is 9.71. The van der Waals surface area contributed by atoms with Crippen molar-refractivity contribution in [1.29, 1.82) is 0 Å². The minimum atomic E-state index is -5.54. The first-order valence-electron chi connectivity index (χ1n) is 9.33. The van der Waals surface area contributed by atoms with Crippen LogP contribution in [-0.2, 0) is 10.1 Å². The van der Waals surface area contributed by atoms with Gasteiger partial charge in [0.25, 0.3) is 0 Å². The summed E-state index contributed by atoms with van der Waals surface area (Å²) in [5.41, 5.74) is 6.43. The van der Waals surface area contributed by atoms with Crippen LogP contribution in [0.5, 0.6) is 11.5 Å². The van der Waals surface area contributed by atoms with E-state index in [1.165, 1.54) is 12.1 Å². The Morgan fingerprint density at radius 1 is 0.935 bits per heavy atom. The lowest BCUT2D eigenvalue weighted by Gasteiger charge is -2.36. The van der Waals surface area contributed by atoms with E-state index in [-0.39, 0.29) is 17.1 Å². The van der Waals surface area contributed by atoms with Crippen LogP contribution in [0.25, 0.3) is 0 Å². The Balaban J connectivity index is 2.44. The fourth-order valence-electron chi connectivity index (χ4n) is 3.24. The van der Waals surface area contributed by atoms with E-state index in [1.807, 2.05) is 34.6 Å². The summed E-state index contributed by atoms with van der Waals surface area (Å²) in [5, 5.41) is 0. The van der Waals surface area contributed by atoms with Crippen molar-refractivity contribution in [2.24, 2.45) is 11.1 Å². The molecule has 0 aromatic heterocycles. The first-order chi connectivity index (χ1) is 13.9. The van der Waals surface area contributed by atoms with Gasteiger partial charge in [0.2, 0.25) is 17.4 Å². The number of rotatable bonds is 6. The number of hydrogen-bond donors (Lipinski definition) is 2. The molecule has 1 atom stereocenters. The summed E-state index contributed by atoms with van der Waals surface area (Å²) < 4.78 is 92.1. The summed E-state index contributed by atoms with van der Waals surface area (Å²) in [4.78, 5) is -2.12. The maximum Gasteiger partial charge on any atom is 0.300 e. The average molecular weight is 463 g/mol. The van der Waals surface area contributed by atoms with Crippen molar-refractivity contribution in [3.63, 3.8) is 0 Å². The van der Waals surface area contributed by atoms with Crippen molar-refractivity contribution in [3.8, 4) is 11.5 Å². The molecule has 0 bridgehead atoms. The summed E-state index contributed by atoms with van der Waals surface area (Å²) in [5.74, 6) is -10.3. The molecule has 0 aliphatic rings. The van der Waals surface area contributed by atoms with Crippen LogP contribution in [0, 0.1) is 28.7 Å². The Hall–Kier alpha value is -2.17. The van der Waals surface area contributed by atoms with Crippen molar-refractivity contribution in [1.82, 2.24) is 0 Å². The predicted octanol–water partition coefficient (Wildman–Crippen LogP) is 5.54. The summed E-state index contributed by atoms with van der Waals surface area (Å²) in [6.07, 6.45) is 0.646. The second-order valence-corrected chi connectivity index (χ2v) is 10.5. The van der Waals surface area contributed by atoms with E-state index in [9.17, 15) is 26.0 Å². The van der Waals surface area contributed by atoms with Crippen LogP contribution in [0.15, 0.2) is 29.2 Å². The van der Waals surface area contributed by atoms with E-state index in [0.29, 0.717) is 6.42 Å². The molecular formula is C21H25F4NO4S. The second kappa shape index (κ2) is 8.40. The molecule has 2 aromatic rings. The third-order valence-corrected chi connectivity index (χ3v) is 5.59. The van der Waals surface area contributed by atoms with E-state index < -0.39 is 49.6 Å². The summed E-state index contributed by atoms with van der Waals surface area (Å²) in [6, 6.07) is 6.02. The molecule has 0 heterocycles. The maximum atomic E-state index is 14.2. The highest BCUT2D eigenvalue weighted by Crippen LogP contribution is 2.41. The van der Waals surface area contributed by atoms with E-state index in [0.717, 1.165) is 5.56 Å². The SMILES string of the molecule is CC(C)(N)CC(c1ccc(Oc2c(F)c(F)c(S(=O)(=O)O)c(F)c2F)cc1)C(C)(C)C. The number of halogens is 4. The zero-order valence-electron chi connectivity index (χ0n) is 17.8. The van der Waals surface area contributed by atoms with Gasteiger partial charge >= 0.3 is 10.1 Å².